The van der Waals surface area contributed by atoms with Crippen LogP contribution in [-0.4, -0.2) is 27.6 Å². The normalized spacial score (nSPS) is 16.6. The van der Waals surface area contributed by atoms with E-state index in [0.717, 1.165) is 28.0 Å². The number of nitrogens with zero attached hydrogens (tertiary/aromatic N) is 3. The number of nitrogens with one attached hydrogen (secondary N) is 1. The quantitative estimate of drug-likeness (QED) is 0.562. The summed E-state index contributed by atoms with van der Waals surface area (Å²) in [5.41, 5.74) is 4.36. The monoisotopic (exact) mass is 420 g/mol. The average molecular weight is 421 g/mol. The summed E-state index contributed by atoms with van der Waals surface area (Å²) < 4.78 is 5.65. The lowest BCUT2D eigenvalue weighted by Gasteiger charge is -2.34. The minimum absolute atomic E-state index is 0.214. The lowest BCUT2D eigenvalue weighted by molar-refractivity contribution is 0.209. The summed E-state index contributed by atoms with van der Waals surface area (Å²) >= 11 is 6.05. The zero-order valence-electron chi connectivity index (χ0n) is 16.7. The molecule has 2 aromatic carbocycles. The Morgan fingerprint density at radius 3 is 2.53 bits per heavy atom. The molecule has 0 saturated heterocycles. The van der Waals surface area contributed by atoms with E-state index in [-0.39, 0.29) is 6.03 Å². The third kappa shape index (κ3) is 3.74. The van der Waals surface area contributed by atoms with E-state index in [1.807, 2.05) is 50.2 Å². The van der Waals surface area contributed by atoms with Gasteiger partial charge in [-0.15, -0.1) is 6.58 Å². The molecule has 1 aliphatic rings. The molecule has 1 aliphatic heterocycles. The summed E-state index contributed by atoms with van der Waals surface area (Å²) in [6, 6.07) is 14.6. The van der Waals surface area contributed by atoms with Crippen LogP contribution < -0.4 is 5.32 Å². The highest BCUT2D eigenvalue weighted by molar-refractivity contribution is 6.30. The molecule has 3 aromatic rings. The second kappa shape index (κ2) is 8.16. The first-order chi connectivity index (χ1) is 14.5. The molecule has 0 spiro atoms. The zero-order valence-corrected chi connectivity index (χ0v) is 17.5. The second-order valence-electron chi connectivity index (χ2n) is 7.12. The van der Waals surface area contributed by atoms with Gasteiger partial charge in [0.1, 0.15) is 0 Å². The van der Waals surface area contributed by atoms with Crippen molar-refractivity contribution >= 4 is 23.2 Å². The molecule has 1 atom stereocenters. The van der Waals surface area contributed by atoms with Crippen LogP contribution >= 0.6 is 11.6 Å². The first-order valence-electron chi connectivity index (χ1n) is 9.54. The molecule has 6 nitrogen and oxygen atoms in total. The minimum atomic E-state index is -0.442. The molecule has 7 heteroatoms. The van der Waals surface area contributed by atoms with E-state index in [1.54, 1.807) is 23.1 Å². The van der Waals surface area contributed by atoms with E-state index in [2.05, 4.69) is 22.0 Å². The van der Waals surface area contributed by atoms with Crippen LogP contribution in [0.15, 0.2) is 71.4 Å². The van der Waals surface area contributed by atoms with Crippen LogP contribution in [0.1, 0.15) is 30.0 Å². The van der Waals surface area contributed by atoms with Crippen molar-refractivity contribution in [1.82, 2.24) is 20.4 Å². The van der Waals surface area contributed by atoms with Gasteiger partial charge in [0.15, 0.2) is 0 Å². The molecule has 30 heavy (non-hydrogen) atoms. The zero-order chi connectivity index (χ0) is 21.3. The van der Waals surface area contributed by atoms with Crippen molar-refractivity contribution in [2.75, 3.05) is 6.54 Å². The standard InChI is InChI=1S/C23H21ClN4O2/c1-4-13-28-15(3)19(20(25-23(28)29)16-9-11-18(24)12-10-16)22-26-21(27-30-22)17-7-5-14(2)6-8-17/h4-12,20H,1,13H2,2-3H3,(H,25,29). The van der Waals surface area contributed by atoms with E-state index in [0.29, 0.717) is 23.3 Å². The molecule has 1 aromatic heterocycles. The van der Waals surface area contributed by atoms with Crippen LogP contribution in [0.3, 0.4) is 0 Å². The van der Waals surface area contributed by atoms with Crippen molar-refractivity contribution in [3.63, 3.8) is 0 Å². The number of aryl methyl sites for hydroxylation is 1. The maximum atomic E-state index is 12.7. The van der Waals surface area contributed by atoms with Gasteiger partial charge in [-0.3, -0.25) is 4.90 Å². The molecule has 1 N–H and O–H groups in total. The molecule has 152 valence electrons. The fourth-order valence-electron chi connectivity index (χ4n) is 3.47. The first kappa shape index (κ1) is 19.9. The molecule has 0 aliphatic carbocycles. The van der Waals surface area contributed by atoms with Gasteiger partial charge in [-0.2, -0.15) is 4.98 Å². The highest BCUT2D eigenvalue weighted by atomic mass is 35.5. The predicted molar refractivity (Wildman–Crippen MR) is 117 cm³/mol. The fourth-order valence-corrected chi connectivity index (χ4v) is 3.59. The van der Waals surface area contributed by atoms with E-state index in [9.17, 15) is 4.79 Å². The van der Waals surface area contributed by atoms with Crippen LogP contribution in [0.2, 0.25) is 5.02 Å². The minimum Gasteiger partial charge on any atom is -0.334 e. The Kier molecular flexibility index (Phi) is 5.42. The van der Waals surface area contributed by atoms with Gasteiger partial charge in [0.05, 0.1) is 11.6 Å². The molecule has 2 amide bonds. The number of benzene rings is 2. The average Bonchev–Trinajstić information content (AvgIpc) is 3.21. The van der Waals surface area contributed by atoms with Gasteiger partial charge in [0, 0.05) is 22.8 Å². The summed E-state index contributed by atoms with van der Waals surface area (Å²) in [6.45, 7) is 8.01. The highest BCUT2D eigenvalue weighted by Gasteiger charge is 2.35. The number of hydrogen-bond acceptors (Lipinski definition) is 4. The third-order valence-electron chi connectivity index (χ3n) is 5.08. The molecule has 0 bridgehead atoms. The molecular weight excluding hydrogens is 400 g/mol. The van der Waals surface area contributed by atoms with Gasteiger partial charge in [-0.05, 0) is 31.5 Å². The number of aromatic nitrogens is 2. The van der Waals surface area contributed by atoms with Crippen molar-refractivity contribution < 1.29 is 9.32 Å². The van der Waals surface area contributed by atoms with Crippen molar-refractivity contribution in [3.05, 3.63) is 88.9 Å². The summed E-state index contributed by atoms with van der Waals surface area (Å²) in [7, 11) is 0. The number of amides is 2. The van der Waals surface area contributed by atoms with Crippen LogP contribution in [0.25, 0.3) is 17.0 Å². The van der Waals surface area contributed by atoms with Gasteiger partial charge >= 0.3 is 6.03 Å². The van der Waals surface area contributed by atoms with Crippen molar-refractivity contribution in [2.24, 2.45) is 0 Å². The highest BCUT2D eigenvalue weighted by Crippen LogP contribution is 2.37. The van der Waals surface area contributed by atoms with Crippen LogP contribution in [0, 0.1) is 6.92 Å². The van der Waals surface area contributed by atoms with Crippen molar-refractivity contribution in [1.29, 1.82) is 0 Å². The van der Waals surface area contributed by atoms with Crippen LogP contribution in [0.5, 0.6) is 0 Å². The Balaban J connectivity index is 1.81. The maximum absolute atomic E-state index is 12.7. The maximum Gasteiger partial charge on any atom is 0.322 e. The van der Waals surface area contributed by atoms with Gasteiger partial charge in [0.2, 0.25) is 5.82 Å². The number of urea groups is 1. The lowest BCUT2D eigenvalue weighted by Crippen LogP contribution is -2.46. The second-order valence-corrected chi connectivity index (χ2v) is 7.56. The summed E-state index contributed by atoms with van der Waals surface area (Å²) in [5, 5.41) is 7.82. The van der Waals surface area contributed by atoms with Crippen molar-refractivity contribution in [2.45, 2.75) is 19.9 Å². The third-order valence-corrected chi connectivity index (χ3v) is 5.33. The molecule has 0 fully saturated rings. The fraction of sp³-hybridized carbons (Fsp3) is 0.174. The van der Waals surface area contributed by atoms with Gasteiger partial charge in [0.25, 0.3) is 5.89 Å². The number of allylic oxidation sites excluding steroid dienone is 1. The number of rotatable bonds is 5. The number of hydrogen-bond donors (Lipinski definition) is 1. The van der Waals surface area contributed by atoms with E-state index >= 15 is 0 Å². The molecule has 4 rings (SSSR count). The SMILES string of the molecule is C=CCN1C(=O)NC(c2ccc(Cl)cc2)C(c2nc(-c3ccc(C)cc3)no2)=C1C. The topological polar surface area (TPSA) is 71.3 Å². The summed E-state index contributed by atoms with van der Waals surface area (Å²) in [6.07, 6.45) is 1.68. The summed E-state index contributed by atoms with van der Waals surface area (Å²) in [5.74, 6) is 0.851. The molecule has 2 heterocycles. The Bertz CT molecular complexity index is 1120. The van der Waals surface area contributed by atoms with Crippen LogP contribution in [0.4, 0.5) is 4.79 Å². The Labute approximate surface area is 179 Å². The van der Waals surface area contributed by atoms with Gasteiger partial charge < -0.3 is 9.84 Å². The van der Waals surface area contributed by atoms with Gasteiger partial charge in [-0.25, -0.2) is 4.79 Å². The lowest BCUT2D eigenvalue weighted by atomic mass is 9.94. The predicted octanol–water partition coefficient (Wildman–Crippen LogP) is 5.38. The summed E-state index contributed by atoms with van der Waals surface area (Å²) in [4.78, 5) is 19.0. The Hall–Kier alpha value is -3.38. The molecule has 1 unspecified atom stereocenters. The Morgan fingerprint density at radius 1 is 1.17 bits per heavy atom. The van der Waals surface area contributed by atoms with Crippen LogP contribution in [-0.2, 0) is 0 Å². The Morgan fingerprint density at radius 2 is 1.87 bits per heavy atom. The largest absolute Gasteiger partial charge is 0.334 e. The van der Waals surface area contributed by atoms with E-state index < -0.39 is 6.04 Å². The van der Waals surface area contributed by atoms with E-state index in [4.69, 9.17) is 16.1 Å². The number of carbonyl (C=O) groups excluding carboxylic acids is 1. The van der Waals surface area contributed by atoms with E-state index in [1.165, 1.54) is 0 Å². The van der Waals surface area contributed by atoms with Gasteiger partial charge in [-0.1, -0.05) is 64.8 Å². The molecule has 0 radical (unpaired) electrons. The van der Waals surface area contributed by atoms with Crippen molar-refractivity contribution in [3.8, 4) is 11.4 Å². The smallest absolute Gasteiger partial charge is 0.322 e. The molecule has 0 saturated carbocycles. The molecular formula is C23H21ClN4O2. The number of carbonyl (C=O) groups is 1. The number of halogens is 1. The first-order valence-corrected chi connectivity index (χ1v) is 9.92.